The van der Waals surface area contributed by atoms with Gasteiger partial charge in [-0.15, -0.1) is 0 Å². The van der Waals surface area contributed by atoms with Crippen molar-refractivity contribution in [3.63, 3.8) is 0 Å². The molecule has 1 N–H and O–H groups in total. The topological polar surface area (TPSA) is 72.5 Å². The average molecular weight is 346 g/mol. The minimum absolute atomic E-state index is 0.0691. The van der Waals surface area contributed by atoms with Crippen molar-refractivity contribution in [3.8, 4) is 0 Å². The molecule has 6 heteroatoms. The van der Waals surface area contributed by atoms with Crippen LogP contribution in [0, 0.1) is 0 Å². The maximum atomic E-state index is 11.5. The van der Waals surface area contributed by atoms with E-state index in [0.29, 0.717) is 6.61 Å². The van der Waals surface area contributed by atoms with Crippen molar-refractivity contribution in [2.45, 2.75) is 77.2 Å². The van der Waals surface area contributed by atoms with E-state index in [4.69, 9.17) is 4.74 Å². The van der Waals surface area contributed by atoms with E-state index < -0.39 is 22.0 Å². The van der Waals surface area contributed by atoms with Gasteiger partial charge in [0.05, 0.1) is 18.4 Å². The van der Waals surface area contributed by atoms with Crippen molar-refractivity contribution in [2.75, 3.05) is 12.4 Å². The van der Waals surface area contributed by atoms with Gasteiger partial charge in [-0.25, -0.2) is 13.2 Å². The predicted molar refractivity (Wildman–Crippen MR) is 93.0 cm³/mol. The molecule has 0 saturated heterocycles. The number of nitrogens with one attached hydrogen (secondary N) is 1. The molecule has 0 bridgehead atoms. The van der Waals surface area contributed by atoms with Gasteiger partial charge in [0, 0.05) is 5.41 Å². The molecule has 0 fully saturated rings. The Hall–Kier alpha value is -1.04. The van der Waals surface area contributed by atoms with Gasteiger partial charge >= 0.3 is 6.09 Å². The van der Waals surface area contributed by atoms with E-state index in [1.165, 1.54) is 57.4 Å². The standard InChI is InChI=1S/C17H31NO4S/c1-2-3-4-5-6-7-8-9-10-11-13-22-17(19)18-16-12-14-23(20,21)15-16/h12,14,16H,2-11,13,15H2,1H3,(H,18,19). The van der Waals surface area contributed by atoms with Crippen molar-refractivity contribution in [1.82, 2.24) is 5.32 Å². The largest absolute Gasteiger partial charge is 0.450 e. The van der Waals surface area contributed by atoms with E-state index in [1.54, 1.807) is 0 Å². The molecule has 1 heterocycles. The molecule has 1 unspecified atom stereocenters. The summed E-state index contributed by atoms with van der Waals surface area (Å²) in [5.74, 6) is -0.0691. The van der Waals surface area contributed by atoms with Crippen LogP contribution in [0.5, 0.6) is 0 Å². The Balaban J connectivity index is 1.87. The number of alkyl carbamates (subject to hydrolysis) is 1. The predicted octanol–water partition coefficient (Wildman–Crippen LogP) is 3.94. The number of hydrogen-bond acceptors (Lipinski definition) is 4. The van der Waals surface area contributed by atoms with Gasteiger partial charge < -0.3 is 10.1 Å². The number of amides is 1. The van der Waals surface area contributed by atoms with Gasteiger partial charge in [-0.1, -0.05) is 64.7 Å². The molecule has 1 atom stereocenters. The van der Waals surface area contributed by atoms with Crippen molar-refractivity contribution >= 4 is 15.9 Å². The fourth-order valence-corrected chi connectivity index (χ4v) is 3.85. The zero-order valence-electron chi connectivity index (χ0n) is 14.3. The van der Waals surface area contributed by atoms with Crippen molar-refractivity contribution < 1.29 is 17.9 Å². The van der Waals surface area contributed by atoms with Gasteiger partial charge in [-0.05, 0) is 12.5 Å². The summed E-state index contributed by atoms with van der Waals surface area (Å²) in [6, 6.07) is -0.458. The first-order valence-corrected chi connectivity index (χ1v) is 10.6. The second-order valence-electron chi connectivity index (χ2n) is 6.23. The molecule has 23 heavy (non-hydrogen) atoms. The first-order chi connectivity index (χ1) is 11.0. The molecule has 0 saturated carbocycles. The van der Waals surface area contributed by atoms with Crippen LogP contribution >= 0.6 is 0 Å². The molecule has 5 nitrogen and oxygen atoms in total. The quantitative estimate of drug-likeness (QED) is 0.544. The highest BCUT2D eigenvalue weighted by Crippen LogP contribution is 2.11. The molecule has 0 spiro atoms. The second-order valence-corrected chi connectivity index (χ2v) is 8.16. The molecule has 0 radical (unpaired) electrons. The fraction of sp³-hybridized carbons (Fsp3) is 0.824. The van der Waals surface area contributed by atoms with Crippen LogP contribution in [0.1, 0.15) is 71.1 Å². The number of hydrogen-bond donors (Lipinski definition) is 1. The van der Waals surface area contributed by atoms with E-state index in [0.717, 1.165) is 18.2 Å². The first kappa shape index (κ1) is 20.0. The van der Waals surface area contributed by atoms with Gasteiger partial charge in [0.25, 0.3) is 0 Å². The number of rotatable bonds is 12. The maximum Gasteiger partial charge on any atom is 0.407 e. The van der Waals surface area contributed by atoms with Gasteiger partial charge in [0.2, 0.25) is 0 Å². The van der Waals surface area contributed by atoms with Crippen molar-refractivity contribution in [2.24, 2.45) is 0 Å². The maximum absolute atomic E-state index is 11.5. The molecule has 1 aliphatic heterocycles. The fourth-order valence-electron chi connectivity index (χ4n) is 2.61. The van der Waals surface area contributed by atoms with Crippen LogP contribution in [0.4, 0.5) is 4.79 Å². The van der Waals surface area contributed by atoms with Crippen LogP contribution in [0.15, 0.2) is 11.5 Å². The number of carbonyl (C=O) groups is 1. The zero-order valence-corrected chi connectivity index (χ0v) is 15.1. The summed E-state index contributed by atoms with van der Waals surface area (Å²) in [6.07, 6.45) is 13.3. The Labute approximate surface area is 140 Å². The van der Waals surface area contributed by atoms with Crippen LogP contribution in [-0.2, 0) is 14.6 Å². The van der Waals surface area contributed by atoms with Crippen molar-refractivity contribution in [3.05, 3.63) is 11.5 Å². The summed E-state index contributed by atoms with van der Waals surface area (Å²) in [7, 11) is -3.14. The molecule has 0 aliphatic carbocycles. The molecule has 1 amide bonds. The normalized spacial score (nSPS) is 18.9. The lowest BCUT2D eigenvalue weighted by atomic mass is 10.1. The third-order valence-corrected chi connectivity index (χ3v) is 5.36. The summed E-state index contributed by atoms with van der Waals surface area (Å²) in [6.45, 7) is 2.63. The molecule has 1 rings (SSSR count). The van der Waals surface area contributed by atoms with E-state index in [1.807, 2.05) is 0 Å². The first-order valence-electron chi connectivity index (χ1n) is 8.88. The minimum atomic E-state index is -3.14. The highest BCUT2D eigenvalue weighted by atomic mass is 32.2. The van der Waals surface area contributed by atoms with Crippen LogP contribution in [0.3, 0.4) is 0 Å². The molecule has 0 aromatic heterocycles. The SMILES string of the molecule is CCCCCCCCCCCCOC(=O)NC1C=CS(=O)(=O)C1. The Morgan fingerprint density at radius 1 is 1.04 bits per heavy atom. The van der Waals surface area contributed by atoms with E-state index in [2.05, 4.69) is 12.2 Å². The smallest absolute Gasteiger partial charge is 0.407 e. The molecule has 0 aromatic carbocycles. The Morgan fingerprint density at radius 3 is 2.13 bits per heavy atom. The third kappa shape index (κ3) is 10.4. The number of ether oxygens (including phenoxy) is 1. The molecular weight excluding hydrogens is 314 g/mol. The summed E-state index contributed by atoms with van der Waals surface area (Å²) in [5.41, 5.74) is 0. The summed E-state index contributed by atoms with van der Waals surface area (Å²) >= 11 is 0. The zero-order chi connectivity index (χ0) is 17.0. The van der Waals surface area contributed by atoms with Crippen LogP contribution in [0.25, 0.3) is 0 Å². The molecule has 1 aliphatic rings. The van der Waals surface area contributed by atoms with Gasteiger partial charge in [0.1, 0.15) is 0 Å². The van der Waals surface area contributed by atoms with Crippen LogP contribution in [0.2, 0.25) is 0 Å². The number of sulfone groups is 1. The van der Waals surface area contributed by atoms with Gasteiger partial charge in [-0.2, -0.15) is 0 Å². The Bertz CT molecular complexity index is 459. The monoisotopic (exact) mass is 345 g/mol. The Morgan fingerprint density at radius 2 is 1.61 bits per heavy atom. The lowest BCUT2D eigenvalue weighted by Crippen LogP contribution is -2.36. The summed E-state index contributed by atoms with van der Waals surface area (Å²) < 4.78 is 27.5. The van der Waals surface area contributed by atoms with Crippen LogP contribution < -0.4 is 5.32 Å². The van der Waals surface area contributed by atoms with Crippen molar-refractivity contribution in [1.29, 1.82) is 0 Å². The third-order valence-electron chi connectivity index (χ3n) is 3.96. The van der Waals surface area contributed by atoms with E-state index in [9.17, 15) is 13.2 Å². The number of carbonyl (C=O) groups excluding carboxylic acids is 1. The highest BCUT2D eigenvalue weighted by molar-refractivity contribution is 7.94. The van der Waals surface area contributed by atoms with Gasteiger partial charge in [0.15, 0.2) is 9.84 Å². The molecule has 134 valence electrons. The Kier molecular flexibility index (Phi) is 9.99. The molecular formula is C17H31NO4S. The van der Waals surface area contributed by atoms with Gasteiger partial charge in [-0.3, -0.25) is 0 Å². The second kappa shape index (κ2) is 11.5. The number of unbranched alkanes of at least 4 members (excludes halogenated alkanes) is 9. The summed E-state index contributed by atoms with van der Waals surface area (Å²) in [4.78, 5) is 11.5. The van der Waals surface area contributed by atoms with E-state index >= 15 is 0 Å². The lowest BCUT2D eigenvalue weighted by molar-refractivity contribution is 0.142. The summed E-state index contributed by atoms with van der Waals surface area (Å²) in [5, 5.41) is 3.68. The lowest BCUT2D eigenvalue weighted by Gasteiger charge is -2.10. The molecule has 0 aromatic rings. The van der Waals surface area contributed by atoms with Crippen LogP contribution in [-0.4, -0.2) is 32.9 Å². The minimum Gasteiger partial charge on any atom is -0.450 e. The van der Waals surface area contributed by atoms with E-state index in [-0.39, 0.29) is 5.75 Å². The highest BCUT2D eigenvalue weighted by Gasteiger charge is 2.23. The average Bonchev–Trinajstić information content (AvgIpc) is 2.83.